The van der Waals surface area contributed by atoms with E-state index in [0.717, 1.165) is 22.7 Å². The Morgan fingerprint density at radius 2 is 1.86 bits per heavy atom. The number of hydrogen-bond acceptors (Lipinski definition) is 6. The first kappa shape index (κ1) is 19.8. The zero-order valence-electron chi connectivity index (χ0n) is 16.1. The van der Waals surface area contributed by atoms with Crippen molar-refractivity contribution < 1.29 is 9.53 Å². The lowest BCUT2D eigenvalue weighted by atomic mass is 10.2. The van der Waals surface area contributed by atoms with Gasteiger partial charge < -0.3 is 15.0 Å². The number of benzene rings is 2. The number of thioether (sulfide) groups is 1. The average Bonchev–Trinajstić information content (AvgIpc) is 3.19. The first-order chi connectivity index (χ1) is 13.6. The second-order valence-corrected chi connectivity index (χ2v) is 7.25. The molecular weight excluding hydrogens is 374 g/mol. The number of methoxy groups -OCH3 is 1. The number of carbonyl (C=O) groups excluding carboxylic acids is 1. The summed E-state index contributed by atoms with van der Waals surface area (Å²) in [6, 6.07) is 15.7. The van der Waals surface area contributed by atoms with Gasteiger partial charge in [0.15, 0.2) is 5.16 Å². The SMILES string of the molecule is COc1ccc(-n2cnnc2SCC(=O)NCc2ccc(N(C)C)cc2)cc1. The van der Waals surface area contributed by atoms with Gasteiger partial charge in [0.25, 0.3) is 0 Å². The molecule has 3 rings (SSSR count). The van der Waals surface area contributed by atoms with Crippen molar-refractivity contribution in [1.82, 2.24) is 20.1 Å². The van der Waals surface area contributed by atoms with Crippen LogP contribution in [0.3, 0.4) is 0 Å². The minimum absolute atomic E-state index is 0.0500. The Labute approximate surface area is 168 Å². The third kappa shape index (κ3) is 5.04. The van der Waals surface area contributed by atoms with Crippen LogP contribution in [0.25, 0.3) is 5.69 Å². The Balaban J connectivity index is 1.53. The number of rotatable bonds is 8. The lowest BCUT2D eigenvalue weighted by molar-refractivity contribution is -0.118. The minimum Gasteiger partial charge on any atom is -0.497 e. The van der Waals surface area contributed by atoms with Crippen molar-refractivity contribution >= 4 is 23.4 Å². The topological polar surface area (TPSA) is 72.3 Å². The summed E-state index contributed by atoms with van der Waals surface area (Å²) in [7, 11) is 5.63. The molecule has 28 heavy (non-hydrogen) atoms. The Morgan fingerprint density at radius 1 is 1.14 bits per heavy atom. The fourth-order valence-electron chi connectivity index (χ4n) is 2.54. The van der Waals surface area contributed by atoms with Crippen molar-refractivity contribution in [3.63, 3.8) is 0 Å². The van der Waals surface area contributed by atoms with Crippen molar-refractivity contribution in [2.75, 3.05) is 31.9 Å². The number of carbonyl (C=O) groups is 1. The van der Waals surface area contributed by atoms with Crippen LogP contribution >= 0.6 is 11.8 Å². The molecule has 1 heterocycles. The van der Waals surface area contributed by atoms with Crippen molar-refractivity contribution in [3.8, 4) is 11.4 Å². The summed E-state index contributed by atoms with van der Waals surface area (Å²) in [5.74, 6) is 1.000. The van der Waals surface area contributed by atoms with E-state index in [4.69, 9.17) is 4.74 Å². The van der Waals surface area contributed by atoms with Crippen LogP contribution in [0, 0.1) is 0 Å². The van der Waals surface area contributed by atoms with Crippen LogP contribution in [0.4, 0.5) is 5.69 Å². The normalized spacial score (nSPS) is 10.5. The monoisotopic (exact) mass is 397 g/mol. The van der Waals surface area contributed by atoms with Crippen LogP contribution in [0.1, 0.15) is 5.56 Å². The molecule has 8 heteroatoms. The molecule has 0 saturated carbocycles. The van der Waals surface area contributed by atoms with E-state index in [0.29, 0.717) is 11.7 Å². The van der Waals surface area contributed by atoms with E-state index in [2.05, 4.69) is 15.5 Å². The summed E-state index contributed by atoms with van der Waals surface area (Å²) in [6.07, 6.45) is 1.63. The molecule has 1 N–H and O–H groups in total. The molecule has 0 aliphatic carbocycles. The molecule has 0 bridgehead atoms. The number of hydrogen-bond donors (Lipinski definition) is 1. The maximum Gasteiger partial charge on any atom is 0.230 e. The first-order valence-corrected chi connectivity index (χ1v) is 9.75. The van der Waals surface area contributed by atoms with Gasteiger partial charge in [-0.2, -0.15) is 0 Å². The molecule has 0 atom stereocenters. The predicted octanol–water partition coefficient (Wildman–Crippen LogP) is 2.75. The van der Waals surface area contributed by atoms with Crippen LogP contribution in [0.2, 0.25) is 0 Å². The lowest BCUT2D eigenvalue weighted by Gasteiger charge is -2.13. The maximum atomic E-state index is 12.2. The predicted molar refractivity (Wildman–Crippen MR) is 111 cm³/mol. The lowest BCUT2D eigenvalue weighted by Crippen LogP contribution is -2.24. The van der Waals surface area contributed by atoms with Crippen LogP contribution < -0.4 is 15.0 Å². The number of nitrogens with zero attached hydrogens (tertiary/aromatic N) is 4. The largest absolute Gasteiger partial charge is 0.497 e. The molecule has 2 aromatic carbocycles. The van der Waals surface area contributed by atoms with Crippen LogP contribution in [0.15, 0.2) is 60.0 Å². The molecule has 0 fully saturated rings. The molecule has 1 aromatic heterocycles. The molecule has 7 nitrogen and oxygen atoms in total. The Morgan fingerprint density at radius 3 is 2.50 bits per heavy atom. The maximum absolute atomic E-state index is 12.2. The average molecular weight is 398 g/mol. The highest BCUT2D eigenvalue weighted by Gasteiger charge is 2.10. The molecule has 0 aliphatic rings. The van der Waals surface area contributed by atoms with E-state index in [1.54, 1.807) is 13.4 Å². The molecule has 0 spiro atoms. The minimum atomic E-state index is -0.0500. The van der Waals surface area contributed by atoms with Crippen LogP contribution in [-0.4, -0.2) is 47.6 Å². The van der Waals surface area contributed by atoms with Crippen molar-refractivity contribution in [1.29, 1.82) is 0 Å². The number of amides is 1. The summed E-state index contributed by atoms with van der Waals surface area (Å²) in [4.78, 5) is 14.2. The van der Waals surface area contributed by atoms with Gasteiger partial charge in [0, 0.05) is 32.0 Å². The van der Waals surface area contributed by atoms with E-state index in [1.165, 1.54) is 11.8 Å². The zero-order valence-corrected chi connectivity index (χ0v) is 16.9. The Kier molecular flexibility index (Phi) is 6.54. The van der Waals surface area contributed by atoms with Gasteiger partial charge in [0.2, 0.25) is 5.91 Å². The summed E-state index contributed by atoms with van der Waals surface area (Å²) in [5, 5.41) is 11.7. The summed E-state index contributed by atoms with van der Waals surface area (Å²) in [5.41, 5.74) is 3.10. The summed E-state index contributed by atoms with van der Waals surface area (Å²) >= 11 is 1.35. The number of anilines is 1. The van der Waals surface area contributed by atoms with Gasteiger partial charge in [-0.15, -0.1) is 10.2 Å². The number of ether oxygens (including phenoxy) is 1. The molecule has 0 saturated heterocycles. The first-order valence-electron chi connectivity index (χ1n) is 8.77. The van der Waals surface area contributed by atoms with Gasteiger partial charge in [0.1, 0.15) is 12.1 Å². The van der Waals surface area contributed by atoms with E-state index in [1.807, 2.05) is 72.1 Å². The van der Waals surface area contributed by atoms with E-state index in [-0.39, 0.29) is 11.7 Å². The molecule has 3 aromatic rings. The third-order valence-electron chi connectivity index (χ3n) is 4.14. The molecular formula is C20H23N5O2S. The second-order valence-electron chi connectivity index (χ2n) is 6.31. The fourth-order valence-corrected chi connectivity index (χ4v) is 3.30. The van der Waals surface area contributed by atoms with Gasteiger partial charge >= 0.3 is 0 Å². The highest BCUT2D eigenvalue weighted by atomic mass is 32.2. The second kappa shape index (κ2) is 9.27. The Hall–Kier alpha value is -3.00. The van der Waals surface area contributed by atoms with Gasteiger partial charge in [0.05, 0.1) is 12.9 Å². The highest BCUT2D eigenvalue weighted by molar-refractivity contribution is 7.99. The number of aromatic nitrogens is 3. The smallest absolute Gasteiger partial charge is 0.230 e. The van der Waals surface area contributed by atoms with Gasteiger partial charge in [-0.05, 0) is 42.0 Å². The third-order valence-corrected chi connectivity index (χ3v) is 5.08. The van der Waals surface area contributed by atoms with Crippen molar-refractivity contribution in [2.24, 2.45) is 0 Å². The zero-order chi connectivity index (χ0) is 19.9. The molecule has 146 valence electrons. The van der Waals surface area contributed by atoms with E-state index in [9.17, 15) is 4.79 Å². The van der Waals surface area contributed by atoms with Gasteiger partial charge in [-0.3, -0.25) is 9.36 Å². The molecule has 0 aliphatic heterocycles. The highest BCUT2D eigenvalue weighted by Crippen LogP contribution is 2.21. The quantitative estimate of drug-likeness (QED) is 0.590. The summed E-state index contributed by atoms with van der Waals surface area (Å²) < 4.78 is 7.02. The van der Waals surface area contributed by atoms with E-state index < -0.39 is 0 Å². The van der Waals surface area contributed by atoms with Crippen molar-refractivity contribution in [3.05, 3.63) is 60.4 Å². The van der Waals surface area contributed by atoms with Crippen molar-refractivity contribution in [2.45, 2.75) is 11.7 Å². The van der Waals surface area contributed by atoms with Crippen LogP contribution in [0.5, 0.6) is 5.75 Å². The van der Waals surface area contributed by atoms with Gasteiger partial charge in [-0.1, -0.05) is 23.9 Å². The number of nitrogens with one attached hydrogen (secondary N) is 1. The molecule has 0 radical (unpaired) electrons. The molecule has 1 amide bonds. The summed E-state index contributed by atoms with van der Waals surface area (Å²) in [6.45, 7) is 0.498. The van der Waals surface area contributed by atoms with E-state index >= 15 is 0 Å². The van der Waals surface area contributed by atoms with Gasteiger partial charge in [-0.25, -0.2) is 0 Å². The fraction of sp³-hybridized carbons (Fsp3) is 0.250. The standard InChI is InChI=1S/C20H23N5O2S/c1-24(2)16-6-4-15(5-7-16)12-21-19(26)13-28-20-23-22-14-25(20)17-8-10-18(27-3)11-9-17/h4-11,14H,12-13H2,1-3H3,(H,21,26). The Bertz CT molecular complexity index is 907. The van der Waals surface area contributed by atoms with Crippen LogP contribution in [-0.2, 0) is 11.3 Å². The molecule has 0 unspecified atom stereocenters.